The van der Waals surface area contributed by atoms with Crippen molar-refractivity contribution in [3.63, 3.8) is 0 Å². The molecule has 106 valence electrons. The third kappa shape index (κ3) is 6.20. The summed E-state index contributed by atoms with van der Waals surface area (Å²) < 4.78 is 5.07. The minimum Gasteiger partial charge on any atom is -0.427 e. The van der Waals surface area contributed by atoms with Gasteiger partial charge in [-0.1, -0.05) is 32.9 Å². The van der Waals surface area contributed by atoms with E-state index in [4.69, 9.17) is 4.74 Å². The molecule has 0 N–H and O–H groups in total. The maximum atomic E-state index is 10.9. The number of hydrogen-bond donors (Lipinski definition) is 0. The Hall–Kier alpha value is -0.880. The SMILES string of the molecule is CPCC(CC(C)(C)C)c1ccc(OC(C)=O)cc1. The smallest absolute Gasteiger partial charge is 0.308 e. The van der Waals surface area contributed by atoms with Crippen molar-refractivity contribution in [3.05, 3.63) is 29.8 Å². The standard InChI is InChI=1S/C16H25O2P/c1-12(17)18-15-8-6-13(7-9-15)14(11-19-5)10-16(2,3)4/h6-9,14,19H,10-11H2,1-5H3. The van der Waals surface area contributed by atoms with Crippen LogP contribution in [0.2, 0.25) is 0 Å². The van der Waals surface area contributed by atoms with Crippen LogP contribution in [0.15, 0.2) is 24.3 Å². The highest BCUT2D eigenvalue weighted by Crippen LogP contribution is 2.34. The minimum atomic E-state index is -0.269. The van der Waals surface area contributed by atoms with Gasteiger partial charge in [0.05, 0.1) is 0 Å². The van der Waals surface area contributed by atoms with Crippen LogP contribution >= 0.6 is 8.58 Å². The second-order valence-electron chi connectivity index (χ2n) is 6.18. The van der Waals surface area contributed by atoms with Gasteiger partial charge in [-0.25, -0.2) is 0 Å². The van der Waals surface area contributed by atoms with Gasteiger partial charge < -0.3 is 4.74 Å². The predicted octanol–water partition coefficient (Wildman–Crippen LogP) is 4.44. The van der Waals surface area contributed by atoms with Gasteiger partial charge >= 0.3 is 5.97 Å². The van der Waals surface area contributed by atoms with Gasteiger partial charge in [0.25, 0.3) is 0 Å². The monoisotopic (exact) mass is 280 g/mol. The fourth-order valence-corrected chi connectivity index (χ4v) is 3.14. The molecule has 1 aromatic rings. The highest BCUT2D eigenvalue weighted by atomic mass is 31.1. The Kier molecular flexibility index (Phi) is 6.00. The molecule has 2 unspecified atom stereocenters. The number of carbonyl (C=O) groups is 1. The van der Waals surface area contributed by atoms with Crippen LogP contribution < -0.4 is 4.74 Å². The number of carbonyl (C=O) groups excluding carboxylic acids is 1. The molecule has 0 aliphatic heterocycles. The maximum Gasteiger partial charge on any atom is 0.308 e. The van der Waals surface area contributed by atoms with Crippen molar-refractivity contribution in [3.8, 4) is 5.75 Å². The molecular formula is C16H25O2P. The van der Waals surface area contributed by atoms with E-state index in [0.717, 1.165) is 8.58 Å². The normalized spacial score (nSPS) is 13.7. The molecule has 0 saturated heterocycles. The first kappa shape index (κ1) is 16.2. The molecule has 2 atom stereocenters. The van der Waals surface area contributed by atoms with Crippen molar-refractivity contribution in [2.24, 2.45) is 5.41 Å². The van der Waals surface area contributed by atoms with E-state index in [1.54, 1.807) is 0 Å². The Morgan fingerprint density at radius 2 is 1.84 bits per heavy atom. The maximum absolute atomic E-state index is 10.9. The first-order chi connectivity index (χ1) is 8.81. The zero-order valence-electron chi connectivity index (χ0n) is 12.6. The Morgan fingerprint density at radius 3 is 2.26 bits per heavy atom. The molecule has 0 aromatic heterocycles. The van der Waals surface area contributed by atoms with Crippen molar-refractivity contribution >= 4 is 14.6 Å². The van der Waals surface area contributed by atoms with Gasteiger partial charge in [-0.2, -0.15) is 0 Å². The van der Waals surface area contributed by atoms with E-state index in [2.05, 4.69) is 39.6 Å². The van der Waals surface area contributed by atoms with E-state index in [0.29, 0.717) is 17.1 Å². The summed E-state index contributed by atoms with van der Waals surface area (Å²) in [6, 6.07) is 7.97. The van der Waals surface area contributed by atoms with Crippen LogP contribution in [0.3, 0.4) is 0 Å². The lowest BCUT2D eigenvalue weighted by molar-refractivity contribution is -0.131. The molecular weight excluding hydrogens is 255 g/mol. The van der Waals surface area contributed by atoms with Crippen LogP contribution in [0.1, 0.15) is 45.6 Å². The van der Waals surface area contributed by atoms with Crippen molar-refractivity contribution < 1.29 is 9.53 Å². The molecule has 0 heterocycles. The van der Waals surface area contributed by atoms with Crippen LogP contribution in [0.25, 0.3) is 0 Å². The molecule has 0 amide bonds. The lowest BCUT2D eigenvalue weighted by Crippen LogP contribution is -2.13. The molecule has 0 fully saturated rings. The lowest BCUT2D eigenvalue weighted by Gasteiger charge is -2.26. The van der Waals surface area contributed by atoms with Gasteiger partial charge in [-0.05, 0) is 48.3 Å². The van der Waals surface area contributed by atoms with Gasteiger partial charge in [0, 0.05) is 6.92 Å². The highest BCUT2D eigenvalue weighted by molar-refractivity contribution is 7.37. The lowest BCUT2D eigenvalue weighted by atomic mass is 9.82. The largest absolute Gasteiger partial charge is 0.427 e. The van der Waals surface area contributed by atoms with E-state index < -0.39 is 0 Å². The predicted molar refractivity (Wildman–Crippen MR) is 83.7 cm³/mol. The molecule has 1 aromatic carbocycles. The molecule has 0 spiro atoms. The third-order valence-electron chi connectivity index (χ3n) is 2.92. The number of esters is 1. The van der Waals surface area contributed by atoms with Gasteiger partial charge in [0.2, 0.25) is 0 Å². The highest BCUT2D eigenvalue weighted by Gasteiger charge is 2.19. The summed E-state index contributed by atoms with van der Waals surface area (Å²) in [5, 5.41) is 0. The second kappa shape index (κ2) is 7.05. The van der Waals surface area contributed by atoms with E-state index >= 15 is 0 Å². The first-order valence-corrected chi connectivity index (χ1v) is 8.45. The van der Waals surface area contributed by atoms with Crippen molar-refractivity contribution in [1.29, 1.82) is 0 Å². The quantitative estimate of drug-likeness (QED) is 0.453. The molecule has 0 radical (unpaired) electrons. The van der Waals surface area contributed by atoms with Gasteiger partial charge in [0.15, 0.2) is 0 Å². The van der Waals surface area contributed by atoms with Crippen molar-refractivity contribution in [2.75, 3.05) is 12.8 Å². The first-order valence-electron chi connectivity index (χ1n) is 6.75. The van der Waals surface area contributed by atoms with Crippen LogP contribution in [0.5, 0.6) is 5.75 Å². The number of benzene rings is 1. The molecule has 0 saturated carbocycles. The summed E-state index contributed by atoms with van der Waals surface area (Å²) >= 11 is 0. The third-order valence-corrected chi connectivity index (χ3v) is 3.82. The van der Waals surface area contributed by atoms with Crippen molar-refractivity contribution in [2.45, 2.75) is 40.0 Å². The van der Waals surface area contributed by atoms with Crippen molar-refractivity contribution in [1.82, 2.24) is 0 Å². The van der Waals surface area contributed by atoms with Gasteiger partial charge in [-0.3, -0.25) is 4.79 Å². The fourth-order valence-electron chi connectivity index (χ4n) is 2.27. The summed E-state index contributed by atoms with van der Waals surface area (Å²) in [6.45, 7) is 10.5. The average Bonchev–Trinajstić information content (AvgIpc) is 2.27. The van der Waals surface area contributed by atoms with Gasteiger partial charge in [0.1, 0.15) is 5.75 Å². The topological polar surface area (TPSA) is 26.3 Å². The fraction of sp³-hybridized carbons (Fsp3) is 0.562. The summed E-state index contributed by atoms with van der Waals surface area (Å²) in [6.07, 6.45) is 2.41. The summed E-state index contributed by atoms with van der Waals surface area (Å²) in [4.78, 5) is 10.9. The Labute approximate surface area is 118 Å². The molecule has 2 nitrogen and oxygen atoms in total. The zero-order valence-corrected chi connectivity index (χ0v) is 13.6. The number of hydrogen-bond acceptors (Lipinski definition) is 2. The second-order valence-corrected chi connectivity index (χ2v) is 7.30. The van der Waals surface area contributed by atoms with Crippen LogP contribution in [0, 0.1) is 5.41 Å². The van der Waals surface area contributed by atoms with E-state index in [9.17, 15) is 4.79 Å². The number of ether oxygens (including phenoxy) is 1. The van der Waals surface area contributed by atoms with Crippen LogP contribution in [-0.2, 0) is 4.79 Å². The Balaban J connectivity index is 2.82. The minimum absolute atomic E-state index is 0.269. The summed E-state index contributed by atoms with van der Waals surface area (Å²) in [5.74, 6) is 0.952. The molecule has 0 aliphatic carbocycles. The Bertz CT molecular complexity index is 404. The van der Waals surface area contributed by atoms with Crippen LogP contribution in [-0.4, -0.2) is 18.8 Å². The van der Waals surface area contributed by atoms with Crippen LogP contribution in [0.4, 0.5) is 0 Å². The molecule has 0 bridgehead atoms. The Morgan fingerprint density at radius 1 is 1.26 bits per heavy atom. The molecule has 1 rings (SSSR count). The van der Waals surface area contributed by atoms with E-state index in [1.807, 2.05) is 12.1 Å². The summed E-state index contributed by atoms with van der Waals surface area (Å²) in [5.41, 5.74) is 1.68. The van der Waals surface area contributed by atoms with Gasteiger partial charge in [-0.15, -0.1) is 8.58 Å². The molecule has 19 heavy (non-hydrogen) atoms. The summed E-state index contributed by atoms with van der Waals surface area (Å²) in [7, 11) is 0.958. The van der Waals surface area contributed by atoms with E-state index in [1.165, 1.54) is 25.1 Å². The average molecular weight is 280 g/mol. The number of rotatable bonds is 5. The molecule has 3 heteroatoms. The zero-order chi connectivity index (χ0) is 14.5. The molecule has 0 aliphatic rings. The van der Waals surface area contributed by atoms with E-state index in [-0.39, 0.29) is 5.97 Å².